The van der Waals surface area contributed by atoms with E-state index in [0.29, 0.717) is 10.4 Å². The average Bonchev–Trinajstić information content (AvgIpc) is 3.13. The zero-order valence-corrected chi connectivity index (χ0v) is 15.7. The number of benzene rings is 3. The van der Waals surface area contributed by atoms with Crippen LogP contribution in [-0.4, -0.2) is 10.5 Å². The predicted octanol–water partition coefficient (Wildman–Crippen LogP) is 5.26. The molecule has 4 rings (SSSR count). The first kappa shape index (κ1) is 17.2. The summed E-state index contributed by atoms with van der Waals surface area (Å²) in [6, 6.07) is 27.6. The zero-order chi connectivity index (χ0) is 18.6. The van der Waals surface area contributed by atoms with E-state index in [4.69, 9.17) is 0 Å². The van der Waals surface area contributed by atoms with Crippen molar-refractivity contribution in [1.29, 1.82) is 0 Å². The summed E-state index contributed by atoms with van der Waals surface area (Å²) < 4.78 is 2.04. The van der Waals surface area contributed by atoms with Crippen LogP contribution in [0.2, 0.25) is 0 Å². The maximum atomic E-state index is 12.6. The fourth-order valence-corrected chi connectivity index (χ4v) is 3.78. The molecule has 0 N–H and O–H groups in total. The van der Waals surface area contributed by atoms with Crippen LogP contribution >= 0.6 is 11.3 Å². The van der Waals surface area contributed by atoms with Crippen LogP contribution < -0.4 is 4.80 Å². The first-order chi connectivity index (χ1) is 13.2. The summed E-state index contributed by atoms with van der Waals surface area (Å²) in [4.78, 5) is 17.7. The molecule has 1 amide bonds. The number of aryl methyl sites for hydroxylation is 1. The monoisotopic (exact) mass is 370 g/mol. The molecule has 0 bridgehead atoms. The zero-order valence-electron chi connectivity index (χ0n) is 14.9. The van der Waals surface area contributed by atoms with E-state index >= 15 is 0 Å². The first-order valence-electron chi connectivity index (χ1n) is 8.69. The Morgan fingerprint density at radius 3 is 2.15 bits per heavy atom. The van der Waals surface area contributed by atoms with Crippen LogP contribution in [0.5, 0.6) is 0 Å². The number of hydrogen-bond acceptors (Lipinski definition) is 2. The Balaban J connectivity index is 1.90. The highest BCUT2D eigenvalue weighted by atomic mass is 32.1. The van der Waals surface area contributed by atoms with Crippen LogP contribution in [0.15, 0.2) is 95.3 Å². The molecule has 0 spiro atoms. The Bertz CT molecular complexity index is 1120. The third kappa shape index (κ3) is 3.66. The molecule has 1 heterocycles. The summed E-state index contributed by atoms with van der Waals surface area (Å²) >= 11 is 1.47. The topological polar surface area (TPSA) is 34.4 Å². The van der Waals surface area contributed by atoms with Crippen molar-refractivity contribution in [2.45, 2.75) is 6.92 Å². The quantitative estimate of drug-likeness (QED) is 0.485. The van der Waals surface area contributed by atoms with Crippen LogP contribution in [0.3, 0.4) is 0 Å². The van der Waals surface area contributed by atoms with E-state index in [-0.39, 0.29) is 5.91 Å². The lowest BCUT2D eigenvalue weighted by molar-refractivity contribution is 0.0998. The van der Waals surface area contributed by atoms with Gasteiger partial charge in [-0.2, -0.15) is 4.99 Å². The van der Waals surface area contributed by atoms with Gasteiger partial charge < -0.3 is 0 Å². The smallest absolute Gasteiger partial charge is 0.279 e. The molecule has 0 aliphatic rings. The summed E-state index contributed by atoms with van der Waals surface area (Å²) in [6.07, 6.45) is 0. The van der Waals surface area contributed by atoms with Gasteiger partial charge in [0, 0.05) is 16.6 Å². The van der Waals surface area contributed by atoms with E-state index in [2.05, 4.69) is 48.3 Å². The van der Waals surface area contributed by atoms with Crippen LogP contribution in [0.1, 0.15) is 15.9 Å². The number of nitrogens with zero attached hydrogens (tertiary/aromatic N) is 2. The molecule has 1 aromatic heterocycles. The molecular weight excluding hydrogens is 352 g/mol. The molecule has 132 valence electrons. The summed E-state index contributed by atoms with van der Waals surface area (Å²) in [5.74, 6) is -0.238. The number of thiazole rings is 1. The maximum Gasteiger partial charge on any atom is 0.279 e. The van der Waals surface area contributed by atoms with Crippen LogP contribution in [0, 0.1) is 6.92 Å². The molecule has 0 saturated carbocycles. The molecule has 0 fully saturated rings. The van der Waals surface area contributed by atoms with E-state index in [1.807, 2.05) is 46.3 Å². The van der Waals surface area contributed by atoms with Crippen LogP contribution in [-0.2, 0) is 0 Å². The number of rotatable bonds is 3. The third-order valence-corrected chi connectivity index (χ3v) is 5.11. The summed E-state index contributed by atoms with van der Waals surface area (Å²) in [5.41, 5.74) is 4.87. The van der Waals surface area contributed by atoms with Gasteiger partial charge in [-0.3, -0.25) is 9.36 Å². The van der Waals surface area contributed by atoms with E-state index in [9.17, 15) is 4.79 Å². The lowest BCUT2D eigenvalue weighted by Gasteiger charge is -2.09. The third-order valence-electron chi connectivity index (χ3n) is 4.29. The highest BCUT2D eigenvalue weighted by molar-refractivity contribution is 7.07. The molecule has 0 saturated heterocycles. The largest absolute Gasteiger partial charge is 0.285 e. The molecule has 0 radical (unpaired) electrons. The Hall–Kier alpha value is -3.24. The Kier molecular flexibility index (Phi) is 4.81. The number of carbonyl (C=O) groups is 1. The van der Waals surface area contributed by atoms with Crippen LogP contribution in [0.4, 0.5) is 0 Å². The van der Waals surface area contributed by atoms with Crippen molar-refractivity contribution in [3.63, 3.8) is 0 Å². The first-order valence-corrected chi connectivity index (χ1v) is 9.57. The van der Waals surface area contributed by atoms with E-state index in [1.165, 1.54) is 16.9 Å². The number of hydrogen-bond donors (Lipinski definition) is 0. The van der Waals surface area contributed by atoms with Crippen molar-refractivity contribution < 1.29 is 4.79 Å². The van der Waals surface area contributed by atoms with Crippen molar-refractivity contribution in [3.8, 4) is 16.9 Å². The minimum Gasteiger partial charge on any atom is -0.285 e. The second-order valence-corrected chi connectivity index (χ2v) is 7.06. The molecule has 3 aromatic carbocycles. The van der Waals surface area contributed by atoms with Crippen molar-refractivity contribution in [2.75, 3.05) is 0 Å². The van der Waals surface area contributed by atoms with Gasteiger partial charge in [-0.25, -0.2) is 0 Å². The SMILES string of the molecule is Cc1ccc(-n2c(-c3ccccc3)csc2=NC(=O)c2ccccc2)cc1. The Labute approximate surface area is 161 Å². The molecule has 4 aromatic rings. The van der Waals surface area contributed by atoms with Gasteiger partial charge >= 0.3 is 0 Å². The van der Waals surface area contributed by atoms with Crippen molar-refractivity contribution in [3.05, 3.63) is 106 Å². The molecule has 3 nitrogen and oxygen atoms in total. The predicted molar refractivity (Wildman–Crippen MR) is 110 cm³/mol. The second kappa shape index (κ2) is 7.56. The van der Waals surface area contributed by atoms with Crippen LogP contribution in [0.25, 0.3) is 16.9 Å². The molecule has 27 heavy (non-hydrogen) atoms. The molecular formula is C23H18N2OS. The lowest BCUT2D eigenvalue weighted by atomic mass is 10.1. The Morgan fingerprint density at radius 2 is 1.48 bits per heavy atom. The van der Waals surface area contributed by atoms with E-state index < -0.39 is 0 Å². The summed E-state index contributed by atoms with van der Waals surface area (Å²) in [5, 5.41) is 2.05. The highest BCUT2D eigenvalue weighted by Crippen LogP contribution is 2.23. The molecule has 0 aliphatic carbocycles. The molecule has 0 unspecified atom stereocenters. The molecule has 0 aliphatic heterocycles. The second-order valence-electron chi connectivity index (χ2n) is 6.22. The van der Waals surface area contributed by atoms with Gasteiger partial charge in [0.1, 0.15) is 0 Å². The normalized spacial score (nSPS) is 11.5. The van der Waals surface area contributed by atoms with Gasteiger partial charge in [0.25, 0.3) is 5.91 Å². The number of carbonyl (C=O) groups excluding carboxylic acids is 1. The maximum absolute atomic E-state index is 12.6. The molecule has 4 heteroatoms. The minimum atomic E-state index is -0.238. The summed E-state index contributed by atoms with van der Waals surface area (Å²) in [7, 11) is 0. The van der Waals surface area contributed by atoms with Gasteiger partial charge in [-0.05, 0) is 36.8 Å². The van der Waals surface area contributed by atoms with Crippen molar-refractivity contribution >= 4 is 17.2 Å². The van der Waals surface area contributed by atoms with Gasteiger partial charge in [-0.1, -0.05) is 66.2 Å². The standard InChI is InChI=1S/C23H18N2OS/c1-17-12-14-20(15-13-17)25-21(18-8-4-2-5-9-18)16-27-23(25)24-22(26)19-10-6-3-7-11-19/h2-16H,1H3. The average molecular weight is 370 g/mol. The van der Waals surface area contributed by atoms with E-state index in [1.54, 1.807) is 12.1 Å². The lowest BCUT2D eigenvalue weighted by Crippen LogP contribution is -2.16. The van der Waals surface area contributed by atoms with Gasteiger partial charge in [0.15, 0.2) is 4.80 Å². The van der Waals surface area contributed by atoms with Gasteiger partial charge in [0.05, 0.1) is 5.69 Å². The van der Waals surface area contributed by atoms with Crippen molar-refractivity contribution in [2.24, 2.45) is 4.99 Å². The fraction of sp³-hybridized carbons (Fsp3) is 0.0435. The van der Waals surface area contributed by atoms with Crippen molar-refractivity contribution in [1.82, 2.24) is 4.57 Å². The van der Waals surface area contributed by atoms with E-state index in [0.717, 1.165) is 16.9 Å². The van der Waals surface area contributed by atoms with Gasteiger partial charge in [0.2, 0.25) is 0 Å². The Morgan fingerprint density at radius 1 is 0.852 bits per heavy atom. The van der Waals surface area contributed by atoms with Gasteiger partial charge in [-0.15, -0.1) is 11.3 Å². The fourth-order valence-electron chi connectivity index (χ4n) is 2.87. The highest BCUT2D eigenvalue weighted by Gasteiger charge is 2.11. The minimum absolute atomic E-state index is 0.238. The summed E-state index contributed by atoms with van der Waals surface area (Å²) in [6.45, 7) is 2.06. The number of aromatic nitrogens is 1. The number of amides is 1. The molecule has 0 atom stereocenters.